The first-order chi connectivity index (χ1) is 26.7. The van der Waals surface area contributed by atoms with E-state index in [9.17, 15) is 15.0 Å². The second kappa shape index (κ2) is 45.5. The molecule has 0 aromatic rings. The summed E-state index contributed by atoms with van der Waals surface area (Å²) in [5.41, 5.74) is 0. The molecule has 4 heteroatoms. The molecular weight excluding hydrogens is 663 g/mol. The fraction of sp³-hybridized carbons (Fsp3) is 0.780. The van der Waals surface area contributed by atoms with Crippen molar-refractivity contribution >= 4 is 5.91 Å². The first-order valence-electron chi connectivity index (χ1n) is 23.5. The van der Waals surface area contributed by atoms with Gasteiger partial charge in [0.05, 0.1) is 18.8 Å². The number of aliphatic hydroxyl groups excluding tert-OH is 2. The molecule has 0 saturated heterocycles. The largest absolute Gasteiger partial charge is 0.394 e. The number of aliphatic hydroxyl groups is 2. The minimum atomic E-state index is -0.843. The Morgan fingerprint density at radius 3 is 1.22 bits per heavy atom. The van der Waals surface area contributed by atoms with Gasteiger partial charge in [-0.05, 0) is 57.8 Å². The quantitative estimate of drug-likeness (QED) is 0.0429. The third kappa shape index (κ3) is 41.3. The van der Waals surface area contributed by atoms with Crippen LogP contribution in [-0.2, 0) is 4.79 Å². The Balaban J connectivity index is 3.57. The van der Waals surface area contributed by atoms with Crippen LogP contribution in [0.5, 0.6) is 0 Å². The Kier molecular flexibility index (Phi) is 43.9. The van der Waals surface area contributed by atoms with Crippen molar-refractivity contribution in [2.24, 2.45) is 0 Å². The summed E-state index contributed by atoms with van der Waals surface area (Å²) >= 11 is 0. The molecule has 314 valence electrons. The zero-order valence-corrected chi connectivity index (χ0v) is 36.0. The number of unbranched alkanes of at least 4 members (excludes halogenated alkanes) is 27. The number of carbonyl (C=O) groups is 1. The van der Waals surface area contributed by atoms with E-state index in [1.54, 1.807) is 6.08 Å². The summed E-state index contributed by atoms with van der Waals surface area (Å²) in [6, 6.07) is -0.627. The van der Waals surface area contributed by atoms with Gasteiger partial charge >= 0.3 is 0 Å². The Morgan fingerprint density at radius 1 is 0.463 bits per heavy atom. The molecule has 0 heterocycles. The van der Waals surface area contributed by atoms with Gasteiger partial charge in [0.15, 0.2) is 0 Å². The normalized spacial score (nSPS) is 13.5. The summed E-state index contributed by atoms with van der Waals surface area (Å²) in [6.07, 6.45) is 63.3. The van der Waals surface area contributed by atoms with Crippen LogP contribution in [0.25, 0.3) is 0 Å². The van der Waals surface area contributed by atoms with Gasteiger partial charge in [0.25, 0.3) is 0 Å². The molecule has 1 amide bonds. The van der Waals surface area contributed by atoms with Gasteiger partial charge in [-0.25, -0.2) is 0 Å². The van der Waals surface area contributed by atoms with Crippen molar-refractivity contribution in [2.75, 3.05) is 6.61 Å². The number of nitrogens with one attached hydrogen (secondary N) is 1. The smallest absolute Gasteiger partial charge is 0.220 e. The molecule has 0 aliphatic heterocycles. The van der Waals surface area contributed by atoms with Crippen LogP contribution in [-0.4, -0.2) is 34.9 Å². The summed E-state index contributed by atoms with van der Waals surface area (Å²) in [7, 11) is 0. The minimum absolute atomic E-state index is 0.0695. The molecule has 0 aliphatic rings. The summed E-state index contributed by atoms with van der Waals surface area (Å²) in [5.74, 6) is -0.0695. The zero-order chi connectivity index (χ0) is 39.3. The van der Waals surface area contributed by atoms with Crippen LogP contribution in [0.1, 0.15) is 232 Å². The molecule has 3 N–H and O–H groups in total. The summed E-state index contributed by atoms with van der Waals surface area (Å²) in [6.45, 7) is 4.20. The molecule has 0 aromatic carbocycles. The molecule has 0 saturated carbocycles. The van der Waals surface area contributed by atoms with Gasteiger partial charge in [-0.2, -0.15) is 0 Å². The van der Waals surface area contributed by atoms with Gasteiger partial charge in [0.1, 0.15) is 0 Å². The van der Waals surface area contributed by atoms with E-state index in [1.807, 2.05) is 6.08 Å². The van der Waals surface area contributed by atoms with Crippen LogP contribution in [0.4, 0.5) is 0 Å². The van der Waals surface area contributed by atoms with Crippen LogP contribution >= 0.6 is 0 Å². The van der Waals surface area contributed by atoms with E-state index in [-0.39, 0.29) is 12.5 Å². The topological polar surface area (TPSA) is 69.6 Å². The van der Waals surface area contributed by atoms with Crippen LogP contribution in [0.2, 0.25) is 0 Å². The maximum absolute atomic E-state index is 12.4. The zero-order valence-electron chi connectivity index (χ0n) is 36.0. The first kappa shape index (κ1) is 52.1. The lowest BCUT2D eigenvalue weighted by Gasteiger charge is -2.20. The molecule has 0 aliphatic carbocycles. The van der Waals surface area contributed by atoms with Gasteiger partial charge in [-0.3, -0.25) is 4.79 Å². The van der Waals surface area contributed by atoms with Crippen molar-refractivity contribution in [3.8, 4) is 0 Å². The van der Waals surface area contributed by atoms with E-state index in [4.69, 9.17) is 0 Å². The lowest BCUT2D eigenvalue weighted by atomic mass is 10.0. The molecule has 2 unspecified atom stereocenters. The SMILES string of the molecule is CC/C=C\C/C=C\C/C=C\C/C=C\CCCCCCCCCCCCC(=O)NC(CO)C(O)/C=C/CCCCCCCCCCCCCCCCCCC. The van der Waals surface area contributed by atoms with Crippen molar-refractivity contribution in [3.63, 3.8) is 0 Å². The summed E-state index contributed by atoms with van der Waals surface area (Å²) in [4.78, 5) is 12.4. The van der Waals surface area contributed by atoms with Crippen LogP contribution in [0, 0.1) is 0 Å². The molecule has 0 spiro atoms. The maximum atomic E-state index is 12.4. The highest BCUT2D eigenvalue weighted by molar-refractivity contribution is 5.76. The molecular formula is C50H91NO3. The maximum Gasteiger partial charge on any atom is 0.220 e. The molecule has 0 rings (SSSR count). The summed E-state index contributed by atoms with van der Waals surface area (Å²) < 4.78 is 0. The highest BCUT2D eigenvalue weighted by Crippen LogP contribution is 2.15. The Bertz CT molecular complexity index is 904. The molecule has 0 bridgehead atoms. The lowest BCUT2D eigenvalue weighted by Crippen LogP contribution is -2.45. The van der Waals surface area contributed by atoms with Gasteiger partial charge < -0.3 is 15.5 Å². The highest BCUT2D eigenvalue weighted by Gasteiger charge is 2.17. The number of rotatable bonds is 42. The number of allylic oxidation sites excluding steroid dienone is 9. The number of carbonyl (C=O) groups excluding carboxylic acids is 1. The fourth-order valence-corrected chi connectivity index (χ4v) is 6.93. The molecule has 0 aromatic heterocycles. The number of amides is 1. The molecule has 2 atom stereocenters. The van der Waals surface area contributed by atoms with E-state index < -0.39 is 12.1 Å². The van der Waals surface area contributed by atoms with Crippen LogP contribution in [0.15, 0.2) is 60.8 Å². The van der Waals surface area contributed by atoms with E-state index in [0.717, 1.165) is 51.4 Å². The lowest BCUT2D eigenvalue weighted by molar-refractivity contribution is -0.123. The van der Waals surface area contributed by atoms with E-state index in [1.165, 1.54) is 161 Å². The standard InChI is InChI=1S/C50H91NO3/c1-3-5-7-9-11-13-15-17-19-21-23-24-25-26-28-30-32-34-36-38-40-42-44-46-50(54)51-48(47-52)49(53)45-43-41-39-37-35-33-31-29-27-22-20-18-16-14-12-10-8-6-4-2/h5,7,11,13,17,19,23-24,43,45,48-49,52-53H,3-4,6,8-10,12,14-16,18,20-22,25-42,44,46-47H2,1-2H3,(H,51,54)/b7-5-,13-11-,19-17-,24-23-,45-43+. The van der Waals surface area contributed by atoms with Gasteiger partial charge in [0, 0.05) is 6.42 Å². The Labute approximate surface area is 336 Å². The second-order valence-corrected chi connectivity index (χ2v) is 15.8. The summed E-state index contributed by atoms with van der Waals surface area (Å²) in [5, 5.41) is 23.1. The van der Waals surface area contributed by atoms with Crippen molar-refractivity contribution < 1.29 is 15.0 Å². The second-order valence-electron chi connectivity index (χ2n) is 15.8. The highest BCUT2D eigenvalue weighted by atomic mass is 16.3. The van der Waals surface area contributed by atoms with Gasteiger partial charge in [-0.1, -0.05) is 229 Å². The predicted molar refractivity (Wildman–Crippen MR) is 239 cm³/mol. The average Bonchev–Trinajstić information content (AvgIpc) is 3.18. The third-order valence-electron chi connectivity index (χ3n) is 10.5. The van der Waals surface area contributed by atoms with E-state index >= 15 is 0 Å². The predicted octanol–water partition coefficient (Wildman–Crippen LogP) is 14.9. The van der Waals surface area contributed by atoms with Crippen molar-refractivity contribution in [1.29, 1.82) is 0 Å². The monoisotopic (exact) mass is 754 g/mol. The van der Waals surface area contributed by atoms with Crippen LogP contribution < -0.4 is 5.32 Å². The van der Waals surface area contributed by atoms with Crippen LogP contribution in [0.3, 0.4) is 0 Å². The molecule has 0 fully saturated rings. The third-order valence-corrected chi connectivity index (χ3v) is 10.5. The van der Waals surface area contributed by atoms with Gasteiger partial charge in [0.2, 0.25) is 5.91 Å². The van der Waals surface area contributed by atoms with E-state index in [0.29, 0.717) is 6.42 Å². The number of hydrogen-bond acceptors (Lipinski definition) is 3. The average molecular weight is 754 g/mol. The minimum Gasteiger partial charge on any atom is -0.394 e. The number of hydrogen-bond donors (Lipinski definition) is 3. The van der Waals surface area contributed by atoms with E-state index in [2.05, 4.69) is 67.8 Å². The first-order valence-corrected chi connectivity index (χ1v) is 23.5. The molecule has 4 nitrogen and oxygen atoms in total. The Hall–Kier alpha value is -1.91. The van der Waals surface area contributed by atoms with Crippen molar-refractivity contribution in [2.45, 2.75) is 244 Å². The van der Waals surface area contributed by atoms with Crippen molar-refractivity contribution in [1.82, 2.24) is 5.32 Å². The van der Waals surface area contributed by atoms with Crippen molar-refractivity contribution in [3.05, 3.63) is 60.8 Å². The molecule has 0 radical (unpaired) electrons. The Morgan fingerprint density at radius 2 is 0.815 bits per heavy atom. The fourth-order valence-electron chi connectivity index (χ4n) is 6.93. The van der Waals surface area contributed by atoms with Gasteiger partial charge in [-0.15, -0.1) is 0 Å². The molecule has 54 heavy (non-hydrogen) atoms.